The van der Waals surface area contributed by atoms with Crippen molar-refractivity contribution < 1.29 is 4.79 Å². The molecule has 1 N–H and O–H groups in total. The SMILES string of the molecule is CC[C@@H](C(=O)NCCCN(CC)c1cccc(C)c1)n1nc(C)c2sc3ccccc3c2c1=O. The minimum atomic E-state index is -0.631. The van der Waals surface area contributed by atoms with E-state index in [1.807, 2.05) is 38.1 Å². The van der Waals surface area contributed by atoms with E-state index in [1.54, 1.807) is 11.3 Å². The zero-order valence-corrected chi connectivity index (χ0v) is 21.1. The Morgan fingerprint density at radius 2 is 1.94 bits per heavy atom. The second-order valence-corrected chi connectivity index (χ2v) is 9.68. The second kappa shape index (κ2) is 10.4. The zero-order valence-electron chi connectivity index (χ0n) is 20.3. The fourth-order valence-corrected chi connectivity index (χ4v) is 5.59. The maximum Gasteiger partial charge on any atom is 0.276 e. The number of hydrogen-bond acceptors (Lipinski definition) is 5. The Labute approximate surface area is 204 Å². The molecule has 0 bridgehead atoms. The molecule has 2 aromatic heterocycles. The first-order valence-electron chi connectivity index (χ1n) is 11.9. The Morgan fingerprint density at radius 3 is 2.68 bits per heavy atom. The van der Waals surface area contributed by atoms with E-state index in [2.05, 4.69) is 53.4 Å². The Balaban J connectivity index is 1.48. The molecule has 4 aromatic rings. The van der Waals surface area contributed by atoms with Crippen LogP contribution in [0.4, 0.5) is 5.69 Å². The van der Waals surface area contributed by atoms with Gasteiger partial charge in [-0.15, -0.1) is 11.3 Å². The van der Waals surface area contributed by atoms with Crippen LogP contribution in [0.1, 0.15) is 44.0 Å². The van der Waals surface area contributed by atoms with Crippen LogP contribution in [-0.4, -0.2) is 35.3 Å². The van der Waals surface area contributed by atoms with Crippen molar-refractivity contribution in [1.82, 2.24) is 15.1 Å². The van der Waals surface area contributed by atoms with Gasteiger partial charge in [0.25, 0.3) is 5.56 Å². The molecule has 0 spiro atoms. The molecule has 2 aromatic carbocycles. The van der Waals surface area contributed by atoms with Crippen LogP contribution in [0, 0.1) is 13.8 Å². The van der Waals surface area contributed by atoms with Gasteiger partial charge in [0.1, 0.15) is 6.04 Å². The van der Waals surface area contributed by atoms with E-state index in [9.17, 15) is 9.59 Å². The molecule has 178 valence electrons. The van der Waals surface area contributed by atoms with Gasteiger partial charge in [0, 0.05) is 35.4 Å². The van der Waals surface area contributed by atoms with Crippen molar-refractivity contribution in [3.63, 3.8) is 0 Å². The van der Waals surface area contributed by atoms with Gasteiger partial charge in [0.15, 0.2) is 0 Å². The number of anilines is 1. The van der Waals surface area contributed by atoms with Gasteiger partial charge in [-0.25, -0.2) is 4.68 Å². The van der Waals surface area contributed by atoms with E-state index in [4.69, 9.17) is 0 Å². The van der Waals surface area contributed by atoms with Crippen LogP contribution in [0.15, 0.2) is 53.3 Å². The van der Waals surface area contributed by atoms with Gasteiger partial charge < -0.3 is 10.2 Å². The molecule has 34 heavy (non-hydrogen) atoms. The van der Waals surface area contributed by atoms with Crippen molar-refractivity contribution in [2.45, 2.75) is 46.6 Å². The molecule has 0 radical (unpaired) electrons. The number of nitrogens with zero attached hydrogens (tertiary/aromatic N) is 3. The van der Waals surface area contributed by atoms with E-state index in [0.29, 0.717) is 18.4 Å². The van der Waals surface area contributed by atoms with E-state index in [-0.39, 0.29) is 11.5 Å². The van der Waals surface area contributed by atoms with Gasteiger partial charge in [0.05, 0.1) is 15.8 Å². The molecule has 7 heteroatoms. The molecule has 2 heterocycles. The van der Waals surface area contributed by atoms with E-state index >= 15 is 0 Å². The predicted molar refractivity (Wildman–Crippen MR) is 142 cm³/mol. The summed E-state index contributed by atoms with van der Waals surface area (Å²) in [4.78, 5) is 28.8. The summed E-state index contributed by atoms with van der Waals surface area (Å²) in [7, 11) is 0. The number of fused-ring (bicyclic) bond motifs is 3. The van der Waals surface area contributed by atoms with Crippen LogP contribution in [0.25, 0.3) is 20.2 Å². The minimum Gasteiger partial charge on any atom is -0.372 e. The summed E-state index contributed by atoms with van der Waals surface area (Å²) in [5, 5.41) is 9.18. The number of hydrogen-bond donors (Lipinski definition) is 1. The lowest BCUT2D eigenvalue weighted by molar-refractivity contribution is -0.124. The first kappa shape index (κ1) is 24.0. The third-order valence-electron chi connectivity index (χ3n) is 6.24. The summed E-state index contributed by atoms with van der Waals surface area (Å²) in [6.07, 6.45) is 1.32. The molecular formula is C27H32N4O2S. The maximum atomic E-state index is 13.4. The van der Waals surface area contributed by atoms with E-state index in [0.717, 1.165) is 40.0 Å². The van der Waals surface area contributed by atoms with Crippen LogP contribution in [0.5, 0.6) is 0 Å². The molecule has 1 atom stereocenters. The molecule has 0 aliphatic carbocycles. The quantitative estimate of drug-likeness (QED) is 0.337. The van der Waals surface area contributed by atoms with Crippen molar-refractivity contribution >= 4 is 43.1 Å². The Kier molecular flexibility index (Phi) is 7.32. The summed E-state index contributed by atoms with van der Waals surface area (Å²) in [5.74, 6) is -0.158. The second-order valence-electron chi connectivity index (χ2n) is 8.62. The number of benzene rings is 2. The third kappa shape index (κ3) is 4.71. The minimum absolute atomic E-state index is 0.158. The number of carbonyl (C=O) groups is 1. The molecule has 0 aliphatic heterocycles. The van der Waals surface area contributed by atoms with Gasteiger partial charge in [-0.05, 0) is 57.4 Å². The fraction of sp³-hybridized carbons (Fsp3) is 0.370. The van der Waals surface area contributed by atoms with Gasteiger partial charge in [-0.2, -0.15) is 5.10 Å². The van der Waals surface area contributed by atoms with Gasteiger partial charge >= 0.3 is 0 Å². The molecule has 0 saturated heterocycles. The highest BCUT2D eigenvalue weighted by Crippen LogP contribution is 2.33. The van der Waals surface area contributed by atoms with Crippen LogP contribution in [-0.2, 0) is 4.79 Å². The van der Waals surface area contributed by atoms with E-state index < -0.39 is 6.04 Å². The first-order valence-corrected chi connectivity index (χ1v) is 12.8. The molecular weight excluding hydrogens is 444 g/mol. The smallest absolute Gasteiger partial charge is 0.276 e. The molecule has 1 amide bonds. The zero-order chi connectivity index (χ0) is 24.2. The van der Waals surface area contributed by atoms with Crippen molar-refractivity contribution in [2.75, 3.05) is 24.5 Å². The standard InChI is InChI=1S/C27H32N4O2S/c1-5-22(26(32)28-15-10-16-30(6-2)20-12-9-11-18(3)17-20)31-27(33)24-21-13-7-8-14-23(21)34-25(24)19(4)29-31/h7-9,11-14,17,22H,5-6,10,15-16H2,1-4H3,(H,28,32)/t22-/m0/s1. The molecule has 4 rings (SSSR count). The number of aryl methyl sites for hydroxylation is 2. The lowest BCUT2D eigenvalue weighted by Gasteiger charge is -2.24. The monoisotopic (exact) mass is 476 g/mol. The lowest BCUT2D eigenvalue weighted by atomic mass is 10.1. The van der Waals surface area contributed by atoms with Gasteiger partial charge in [-0.1, -0.05) is 37.3 Å². The number of amides is 1. The molecule has 0 fully saturated rings. The first-order chi connectivity index (χ1) is 16.4. The molecule has 0 saturated carbocycles. The summed E-state index contributed by atoms with van der Waals surface area (Å²) in [6, 6.07) is 15.7. The highest BCUT2D eigenvalue weighted by molar-refractivity contribution is 7.26. The summed E-state index contributed by atoms with van der Waals surface area (Å²) < 4.78 is 3.34. The van der Waals surface area contributed by atoms with Gasteiger partial charge in [-0.3, -0.25) is 9.59 Å². The number of nitrogens with one attached hydrogen (secondary N) is 1. The van der Waals surface area contributed by atoms with Crippen LogP contribution < -0.4 is 15.8 Å². The van der Waals surface area contributed by atoms with Crippen LogP contribution >= 0.6 is 11.3 Å². The van der Waals surface area contributed by atoms with Crippen molar-refractivity contribution in [3.05, 3.63) is 70.1 Å². The third-order valence-corrected chi connectivity index (χ3v) is 7.52. The fourth-order valence-electron chi connectivity index (χ4n) is 4.45. The van der Waals surface area contributed by atoms with Crippen LogP contribution in [0.3, 0.4) is 0 Å². The summed E-state index contributed by atoms with van der Waals surface area (Å²) in [6.45, 7) is 10.4. The Bertz CT molecular complexity index is 1370. The predicted octanol–water partition coefficient (Wildman–Crippen LogP) is 5.21. The Morgan fingerprint density at radius 1 is 1.15 bits per heavy atom. The summed E-state index contributed by atoms with van der Waals surface area (Å²) >= 11 is 1.58. The van der Waals surface area contributed by atoms with Crippen molar-refractivity contribution in [2.24, 2.45) is 0 Å². The van der Waals surface area contributed by atoms with Crippen LogP contribution in [0.2, 0.25) is 0 Å². The number of rotatable bonds is 9. The highest BCUT2D eigenvalue weighted by Gasteiger charge is 2.24. The number of carbonyl (C=O) groups excluding carboxylic acids is 1. The lowest BCUT2D eigenvalue weighted by Crippen LogP contribution is -2.39. The normalized spacial score (nSPS) is 12.2. The molecule has 0 unspecified atom stereocenters. The average Bonchev–Trinajstić information content (AvgIpc) is 3.23. The van der Waals surface area contributed by atoms with E-state index in [1.165, 1.54) is 15.9 Å². The van der Waals surface area contributed by atoms with Crippen molar-refractivity contribution in [1.29, 1.82) is 0 Å². The summed E-state index contributed by atoms with van der Waals surface area (Å²) in [5.41, 5.74) is 3.01. The molecule has 6 nitrogen and oxygen atoms in total. The largest absolute Gasteiger partial charge is 0.372 e. The average molecular weight is 477 g/mol. The van der Waals surface area contributed by atoms with Crippen molar-refractivity contribution in [3.8, 4) is 0 Å². The number of thiophene rings is 1. The molecule has 0 aliphatic rings. The van der Waals surface area contributed by atoms with Gasteiger partial charge in [0.2, 0.25) is 5.91 Å². The number of aromatic nitrogens is 2. The highest BCUT2D eigenvalue weighted by atomic mass is 32.1. The maximum absolute atomic E-state index is 13.4. The Hall–Kier alpha value is -3.19. The topological polar surface area (TPSA) is 67.2 Å².